The van der Waals surface area contributed by atoms with E-state index in [9.17, 15) is 14.4 Å². The first-order chi connectivity index (χ1) is 9.47. The summed E-state index contributed by atoms with van der Waals surface area (Å²) in [6.07, 6.45) is 2.49. The number of carbonyl (C=O) groups is 3. The molecule has 1 aliphatic rings. The number of thiophene rings is 1. The summed E-state index contributed by atoms with van der Waals surface area (Å²) >= 11 is 1.17. The summed E-state index contributed by atoms with van der Waals surface area (Å²) in [5, 5.41) is 13.3. The molecule has 0 aliphatic heterocycles. The minimum atomic E-state index is -0.765. The van der Waals surface area contributed by atoms with Gasteiger partial charge in [-0.15, -0.1) is 11.3 Å². The Morgan fingerprint density at radius 1 is 1.25 bits per heavy atom. The van der Waals surface area contributed by atoms with Crippen molar-refractivity contribution in [3.8, 4) is 0 Å². The number of carboxylic acid groups (broad SMARTS) is 1. The maximum absolute atomic E-state index is 12.0. The van der Waals surface area contributed by atoms with Gasteiger partial charge in [0.1, 0.15) is 0 Å². The van der Waals surface area contributed by atoms with E-state index in [1.54, 1.807) is 5.38 Å². The number of primary amides is 1. The lowest BCUT2D eigenvalue weighted by Crippen LogP contribution is -2.38. The fraction of sp³-hybridized carbons (Fsp3) is 0.462. The van der Waals surface area contributed by atoms with Gasteiger partial charge >= 0.3 is 5.97 Å². The molecule has 0 unspecified atom stereocenters. The van der Waals surface area contributed by atoms with Gasteiger partial charge in [-0.1, -0.05) is 0 Å². The van der Waals surface area contributed by atoms with Crippen molar-refractivity contribution >= 4 is 29.1 Å². The maximum Gasteiger partial charge on any atom is 0.306 e. The Balaban J connectivity index is 1.89. The molecular formula is C13H16N2O4S. The number of amides is 2. The zero-order valence-electron chi connectivity index (χ0n) is 10.8. The average Bonchev–Trinajstić information content (AvgIpc) is 2.89. The summed E-state index contributed by atoms with van der Waals surface area (Å²) in [6.45, 7) is 0. The lowest BCUT2D eigenvalue weighted by Gasteiger charge is -2.26. The second-order valence-corrected chi connectivity index (χ2v) is 5.84. The summed E-state index contributed by atoms with van der Waals surface area (Å²) in [5.74, 6) is -1.85. The number of carbonyl (C=O) groups excluding carboxylic acids is 2. The van der Waals surface area contributed by atoms with E-state index >= 15 is 0 Å². The molecule has 6 nitrogen and oxygen atoms in total. The van der Waals surface area contributed by atoms with E-state index < -0.39 is 11.9 Å². The van der Waals surface area contributed by atoms with Gasteiger partial charge in [-0.25, -0.2) is 0 Å². The predicted octanol–water partition coefficient (Wildman–Crippen LogP) is 1.22. The largest absolute Gasteiger partial charge is 0.481 e. The molecule has 0 aromatic carbocycles. The average molecular weight is 296 g/mol. The SMILES string of the molecule is NC(=O)c1csc(C(=O)NC2CCC(C(=O)O)CC2)c1. The van der Waals surface area contributed by atoms with Crippen LogP contribution in [-0.4, -0.2) is 28.9 Å². The van der Waals surface area contributed by atoms with Crippen LogP contribution in [-0.2, 0) is 4.79 Å². The topological polar surface area (TPSA) is 109 Å². The van der Waals surface area contributed by atoms with E-state index in [1.807, 2.05) is 0 Å². The van der Waals surface area contributed by atoms with E-state index in [0.29, 0.717) is 36.1 Å². The van der Waals surface area contributed by atoms with Crippen molar-refractivity contribution in [1.29, 1.82) is 0 Å². The van der Waals surface area contributed by atoms with Crippen LogP contribution in [0.4, 0.5) is 0 Å². The molecule has 0 saturated heterocycles. The zero-order chi connectivity index (χ0) is 14.7. The van der Waals surface area contributed by atoms with Gasteiger partial charge in [0.05, 0.1) is 16.4 Å². The number of rotatable bonds is 4. The summed E-state index contributed by atoms with van der Waals surface area (Å²) in [4.78, 5) is 34.2. The molecule has 1 aromatic heterocycles. The number of nitrogens with two attached hydrogens (primary N) is 1. The van der Waals surface area contributed by atoms with Crippen molar-refractivity contribution < 1.29 is 19.5 Å². The third-order valence-electron chi connectivity index (χ3n) is 3.52. The number of carboxylic acids is 1. The Kier molecular flexibility index (Phi) is 4.39. The molecule has 0 bridgehead atoms. The van der Waals surface area contributed by atoms with Gasteiger partial charge in [-0.2, -0.15) is 0 Å². The fourth-order valence-corrected chi connectivity index (χ4v) is 3.12. The summed E-state index contributed by atoms with van der Waals surface area (Å²) in [5.41, 5.74) is 5.46. The van der Waals surface area contributed by atoms with Crippen LogP contribution < -0.4 is 11.1 Å². The van der Waals surface area contributed by atoms with Gasteiger partial charge in [-0.05, 0) is 31.7 Å². The van der Waals surface area contributed by atoms with Gasteiger partial charge in [0, 0.05) is 11.4 Å². The Hall–Kier alpha value is -1.89. The highest BCUT2D eigenvalue weighted by atomic mass is 32.1. The van der Waals surface area contributed by atoms with Crippen LogP contribution in [0.3, 0.4) is 0 Å². The van der Waals surface area contributed by atoms with Crippen molar-refractivity contribution in [1.82, 2.24) is 5.32 Å². The first-order valence-electron chi connectivity index (χ1n) is 6.39. The number of hydrogen-bond donors (Lipinski definition) is 3. The fourth-order valence-electron chi connectivity index (χ4n) is 2.33. The van der Waals surface area contributed by atoms with Gasteiger partial charge < -0.3 is 16.2 Å². The van der Waals surface area contributed by atoms with Crippen molar-refractivity contribution in [2.24, 2.45) is 11.7 Å². The van der Waals surface area contributed by atoms with E-state index in [0.717, 1.165) is 0 Å². The first-order valence-corrected chi connectivity index (χ1v) is 7.27. The van der Waals surface area contributed by atoms with Gasteiger partial charge in [0.2, 0.25) is 5.91 Å². The van der Waals surface area contributed by atoms with E-state index in [-0.39, 0.29) is 17.9 Å². The number of nitrogens with one attached hydrogen (secondary N) is 1. The third kappa shape index (κ3) is 3.36. The number of aliphatic carboxylic acids is 1. The Bertz CT molecular complexity index is 532. The molecule has 1 heterocycles. The molecular weight excluding hydrogens is 280 g/mol. The highest BCUT2D eigenvalue weighted by molar-refractivity contribution is 7.12. The third-order valence-corrected chi connectivity index (χ3v) is 4.45. The first kappa shape index (κ1) is 14.5. The van der Waals surface area contributed by atoms with Crippen LogP contribution in [0.15, 0.2) is 11.4 Å². The minimum absolute atomic E-state index is 0.00257. The second kappa shape index (κ2) is 6.04. The smallest absolute Gasteiger partial charge is 0.306 e. The summed E-state index contributed by atoms with van der Waals surface area (Å²) in [7, 11) is 0. The lowest BCUT2D eigenvalue weighted by molar-refractivity contribution is -0.142. The molecule has 7 heteroatoms. The summed E-state index contributed by atoms with van der Waals surface area (Å²) < 4.78 is 0. The normalized spacial score (nSPS) is 22.2. The molecule has 0 spiro atoms. The van der Waals surface area contributed by atoms with Crippen LogP contribution in [0.1, 0.15) is 45.7 Å². The van der Waals surface area contributed by atoms with Gasteiger partial charge in [0.25, 0.3) is 5.91 Å². The predicted molar refractivity (Wildman–Crippen MR) is 73.7 cm³/mol. The number of hydrogen-bond acceptors (Lipinski definition) is 4. The zero-order valence-corrected chi connectivity index (χ0v) is 11.6. The second-order valence-electron chi connectivity index (χ2n) is 4.92. The van der Waals surface area contributed by atoms with Crippen molar-refractivity contribution in [3.05, 3.63) is 21.9 Å². The molecule has 1 saturated carbocycles. The molecule has 0 atom stereocenters. The monoisotopic (exact) mass is 296 g/mol. The lowest BCUT2D eigenvalue weighted by atomic mass is 9.86. The van der Waals surface area contributed by atoms with Crippen LogP contribution in [0.25, 0.3) is 0 Å². The van der Waals surface area contributed by atoms with Crippen LogP contribution in [0.2, 0.25) is 0 Å². The van der Waals surface area contributed by atoms with Crippen molar-refractivity contribution in [2.45, 2.75) is 31.7 Å². The molecule has 108 valence electrons. The van der Waals surface area contributed by atoms with Crippen molar-refractivity contribution in [2.75, 3.05) is 0 Å². The minimum Gasteiger partial charge on any atom is -0.481 e. The highest BCUT2D eigenvalue weighted by Crippen LogP contribution is 2.25. The molecule has 1 fully saturated rings. The Morgan fingerprint density at radius 2 is 1.90 bits per heavy atom. The van der Waals surface area contributed by atoms with Crippen LogP contribution in [0.5, 0.6) is 0 Å². The Morgan fingerprint density at radius 3 is 2.40 bits per heavy atom. The van der Waals surface area contributed by atoms with E-state index in [4.69, 9.17) is 10.8 Å². The molecule has 2 rings (SSSR count). The van der Waals surface area contributed by atoms with E-state index in [2.05, 4.69) is 5.32 Å². The molecule has 2 amide bonds. The van der Waals surface area contributed by atoms with Crippen molar-refractivity contribution in [3.63, 3.8) is 0 Å². The Labute approximate surface area is 120 Å². The van der Waals surface area contributed by atoms with E-state index in [1.165, 1.54) is 17.4 Å². The van der Waals surface area contributed by atoms with Gasteiger partial charge in [-0.3, -0.25) is 14.4 Å². The molecule has 20 heavy (non-hydrogen) atoms. The molecule has 1 aliphatic carbocycles. The molecule has 0 radical (unpaired) electrons. The quantitative estimate of drug-likeness (QED) is 0.776. The summed E-state index contributed by atoms with van der Waals surface area (Å²) in [6, 6.07) is 1.47. The molecule has 4 N–H and O–H groups in total. The molecule has 1 aromatic rings. The van der Waals surface area contributed by atoms with Crippen LogP contribution in [0, 0.1) is 5.92 Å². The van der Waals surface area contributed by atoms with Crippen LogP contribution >= 0.6 is 11.3 Å². The standard InChI is InChI=1S/C13H16N2O4S/c14-11(16)8-5-10(20-6-8)12(17)15-9-3-1-7(2-4-9)13(18)19/h5-7,9H,1-4H2,(H2,14,16)(H,15,17)(H,18,19). The highest BCUT2D eigenvalue weighted by Gasteiger charge is 2.27. The maximum atomic E-state index is 12.0. The van der Waals surface area contributed by atoms with Gasteiger partial charge in [0.15, 0.2) is 0 Å².